The molecule has 4 rings (SSSR count). The van der Waals surface area contributed by atoms with Crippen molar-refractivity contribution < 1.29 is 14.3 Å². The Morgan fingerprint density at radius 3 is 2.59 bits per heavy atom. The summed E-state index contributed by atoms with van der Waals surface area (Å²) in [7, 11) is 0. The number of carbonyl (C=O) groups is 2. The molecule has 1 unspecified atom stereocenters. The minimum absolute atomic E-state index is 0.0390. The average molecular weight is 392 g/mol. The molecule has 2 aliphatic rings. The zero-order chi connectivity index (χ0) is 20.4. The van der Waals surface area contributed by atoms with Crippen LogP contribution in [0.25, 0.3) is 0 Å². The SMILES string of the molecule is Cc1ccc(C)c(Oc2ccc(CNC(=O)C3C[C@H]4CCC[C@@H](C3)C4=O)cn2)c1. The Hall–Kier alpha value is -2.69. The van der Waals surface area contributed by atoms with E-state index in [9.17, 15) is 9.59 Å². The average Bonchev–Trinajstić information content (AvgIpc) is 2.70. The van der Waals surface area contributed by atoms with Gasteiger partial charge in [-0.1, -0.05) is 24.6 Å². The molecule has 0 spiro atoms. The van der Waals surface area contributed by atoms with Gasteiger partial charge in [0.15, 0.2) is 0 Å². The molecule has 2 aliphatic carbocycles. The Bertz CT molecular complexity index is 891. The first-order valence-electron chi connectivity index (χ1n) is 10.5. The summed E-state index contributed by atoms with van der Waals surface area (Å²) < 4.78 is 5.89. The van der Waals surface area contributed by atoms with Crippen LogP contribution < -0.4 is 10.1 Å². The molecule has 0 aliphatic heterocycles. The monoisotopic (exact) mass is 392 g/mol. The third-order valence-electron chi connectivity index (χ3n) is 6.24. The Morgan fingerprint density at radius 2 is 1.90 bits per heavy atom. The first-order valence-corrected chi connectivity index (χ1v) is 10.5. The van der Waals surface area contributed by atoms with Gasteiger partial charge in [-0.15, -0.1) is 0 Å². The van der Waals surface area contributed by atoms with Crippen molar-refractivity contribution in [2.75, 3.05) is 0 Å². The maximum atomic E-state index is 12.6. The number of nitrogens with one attached hydrogen (secondary N) is 1. The number of amides is 1. The number of benzene rings is 1. The van der Waals surface area contributed by atoms with E-state index in [-0.39, 0.29) is 23.7 Å². The van der Waals surface area contributed by atoms with Crippen LogP contribution in [0.5, 0.6) is 11.6 Å². The zero-order valence-electron chi connectivity index (χ0n) is 17.1. The van der Waals surface area contributed by atoms with Crippen molar-refractivity contribution in [1.29, 1.82) is 0 Å². The van der Waals surface area contributed by atoms with Gasteiger partial charge in [0.1, 0.15) is 11.5 Å². The maximum Gasteiger partial charge on any atom is 0.223 e. The highest BCUT2D eigenvalue weighted by atomic mass is 16.5. The molecule has 3 atom stereocenters. The minimum Gasteiger partial charge on any atom is -0.439 e. The van der Waals surface area contributed by atoms with Crippen LogP contribution >= 0.6 is 0 Å². The fourth-order valence-corrected chi connectivity index (χ4v) is 4.53. The van der Waals surface area contributed by atoms with Crippen molar-refractivity contribution in [3.63, 3.8) is 0 Å². The van der Waals surface area contributed by atoms with E-state index in [2.05, 4.69) is 16.4 Å². The summed E-state index contributed by atoms with van der Waals surface area (Å²) >= 11 is 0. The van der Waals surface area contributed by atoms with Crippen LogP contribution in [0.15, 0.2) is 36.5 Å². The lowest BCUT2D eigenvalue weighted by atomic mass is 9.67. The van der Waals surface area contributed by atoms with Crippen molar-refractivity contribution >= 4 is 11.7 Å². The van der Waals surface area contributed by atoms with Gasteiger partial charge in [-0.05, 0) is 62.3 Å². The number of pyridine rings is 1. The van der Waals surface area contributed by atoms with Gasteiger partial charge in [-0.3, -0.25) is 9.59 Å². The van der Waals surface area contributed by atoms with Crippen LogP contribution in [0, 0.1) is 31.6 Å². The number of Topliss-reactive ketones (excluding diaryl/α,β-unsaturated/α-hetero) is 1. The highest BCUT2D eigenvalue weighted by Crippen LogP contribution is 2.40. The fourth-order valence-electron chi connectivity index (χ4n) is 4.53. The predicted octanol–water partition coefficient (Wildman–Crippen LogP) is 4.50. The number of ether oxygens (including phenoxy) is 1. The van der Waals surface area contributed by atoms with Crippen LogP contribution in [0.3, 0.4) is 0 Å². The fraction of sp³-hybridized carbons (Fsp3) is 0.458. The molecular weight excluding hydrogens is 364 g/mol. The largest absolute Gasteiger partial charge is 0.439 e. The molecule has 1 N–H and O–H groups in total. The summed E-state index contributed by atoms with van der Waals surface area (Å²) in [6.45, 7) is 4.47. The maximum absolute atomic E-state index is 12.6. The number of aryl methyl sites for hydroxylation is 2. The summed E-state index contributed by atoms with van der Waals surface area (Å²) in [4.78, 5) is 29.2. The summed E-state index contributed by atoms with van der Waals surface area (Å²) in [5, 5.41) is 3.03. The molecule has 2 aromatic rings. The molecular formula is C24H28N2O3. The topological polar surface area (TPSA) is 68.3 Å². The van der Waals surface area contributed by atoms with Crippen molar-refractivity contribution in [2.24, 2.45) is 17.8 Å². The molecule has 2 saturated carbocycles. The highest BCUT2D eigenvalue weighted by molar-refractivity contribution is 5.88. The van der Waals surface area contributed by atoms with E-state index in [1.54, 1.807) is 6.20 Å². The normalized spacial score (nSPS) is 23.5. The van der Waals surface area contributed by atoms with Crippen LogP contribution in [-0.2, 0) is 16.1 Å². The van der Waals surface area contributed by atoms with E-state index in [4.69, 9.17) is 4.74 Å². The van der Waals surface area contributed by atoms with Gasteiger partial charge in [0.25, 0.3) is 0 Å². The standard InChI is InChI=1S/C24H28N2O3/c1-15-6-7-16(2)21(10-15)29-22-9-8-17(13-25-22)14-26-24(28)20-11-18-4-3-5-19(12-20)23(18)27/h6-10,13,18-20H,3-5,11-12,14H2,1-2H3,(H,26,28)/t18-,19+,20?. The lowest BCUT2D eigenvalue weighted by molar-refractivity contribution is -0.137. The second-order valence-corrected chi connectivity index (χ2v) is 8.49. The number of aromatic nitrogens is 1. The van der Waals surface area contributed by atoms with Gasteiger partial charge in [-0.2, -0.15) is 0 Å². The van der Waals surface area contributed by atoms with Crippen LogP contribution in [0.4, 0.5) is 0 Å². The Labute approximate surface area is 171 Å². The predicted molar refractivity (Wildman–Crippen MR) is 111 cm³/mol. The zero-order valence-corrected chi connectivity index (χ0v) is 17.1. The van der Waals surface area contributed by atoms with Gasteiger partial charge >= 0.3 is 0 Å². The third kappa shape index (κ3) is 4.50. The third-order valence-corrected chi connectivity index (χ3v) is 6.24. The first kappa shape index (κ1) is 19.6. The lowest BCUT2D eigenvalue weighted by Crippen LogP contribution is -2.42. The van der Waals surface area contributed by atoms with E-state index < -0.39 is 0 Å². The molecule has 1 aromatic carbocycles. The van der Waals surface area contributed by atoms with Gasteiger partial charge in [0.2, 0.25) is 11.8 Å². The Morgan fingerprint density at radius 1 is 1.14 bits per heavy atom. The van der Waals surface area contributed by atoms with Crippen molar-refractivity contribution in [2.45, 2.75) is 52.5 Å². The quantitative estimate of drug-likeness (QED) is 0.813. The molecule has 0 radical (unpaired) electrons. The number of hydrogen-bond donors (Lipinski definition) is 1. The molecule has 2 bridgehead atoms. The summed E-state index contributed by atoms with van der Waals surface area (Å²) in [6.07, 6.45) is 6.18. The molecule has 152 valence electrons. The molecule has 29 heavy (non-hydrogen) atoms. The smallest absolute Gasteiger partial charge is 0.223 e. The Balaban J connectivity index is 1.32. The summed E-state index contributed by atoms with van der Waals surface area (Å²) in [6, 6.07) is 9.83. The molecule has 1 amide bonds. The molecule has 0 saturated heterocycles. The van der Waals surface area contributed by atoms with E-state index >= 15 is 0 Å². The van der Waals surface area contributed by atoms with E-state index in [0.29, 0.717) is 31.0 Å². The van der Waals surface area contributed by atoms with Gasteiger partial charge in [0, 0.05) is 36.6 Å². The molecule has 2 fully saturated rings. The summed E-state index contributed by atoms with van der Waals surface area (Å²) in [5.41, 5.74) is 3.13. The van der Waals surface area contributed by atoms with E-state index in [0.717, 1.165) is 41.7 Å². The van der Waals surface area contributed by atoms with E-state index in [1.807, 2.05) is 38.1 Å². The number of ketones is 1. The molecule has 1 heterocycles. The van der Waals surface area contributed by atoms with Gasteiger partial charge in [0.05, 0.1) is 0 Å². The highest BCUT2D eigenvalue weighted by Gasteiger charge is 2.41. The molecule has 1 aromatic heterocycles. The van der Waals surface area contributed by atoms with Crippen LogP contribution in [0.1, 0.15) is 48.8 Å². The van der Waals surface area contributed by atoms with Gasteiger partial charge < -0.3 is 10.1 Å². The lowest BCUT2D eigenvalue weighted by Gasteiger charge is -2.36. The summed E-state index contributed by atoms with van der Waals surface area (Å²) in [5.74, 6) is 1.95. The molecule has 5 nitrogen and oxygen atoms in total. The van der Waals surface area contributed by atoms with Crippen molar-refractivity contribution in [3.05, 3.63) is 53.2 Å². The number of nitrogens with zero attached hydrogens (tertiary/aromatic N) is 1. The number of fused-ring (bicyclic) bond motifs is 2. The van der Waals surface area contributed by atoms with Crippen molar-refractivity contribution in [3.8, 4) is 11.6 Å². The van der Waals surface area contributed by atoms with Crippen molar-refractivity contribution in [1.82, 2.24) is 10.3 Å². The van der Waals surface area contributed by atoms with Crippen LogP contribution in [-0.4, -0.2) is 16.7 Å². The molecule has 5 heteroatoms. The Kier molecular flexibility index (Phi) is 5.65. The van der Waals surface area contributed by atoms with Gasteiger partial charge in [-0.25, -0.2) is 4.98 Å². The second-order valence-electron chi connectivity index (χ2n) is 8.49. The number of carbonyl (C=O) groups excluding carboxylic acids is 2. The number of rotatable bonds is 5. The first-order chi connectivity index (χ1) is 14.0. The van der Waals surface area contributed by atoms with E-state index in [1.165, 1.54) is 0 Å². The number of hydrogen-bond acceptors (Lipinski definition) is 4. The second kappa shape index (κ2) is 8.36. The van der Waals surface area contributed by atoms with Crippen LogP contribution in [0.2, 0.25) is 0 Å². The minimum atomic E-state index is -0.0390.